The van der Waals surface area contributed by atoms with Gasteiger partial charge in [0.15, 0.2) is 12.6 Å². The summed E-state index contributed by atoms with van der Waals surface area (Å²) in [6.07, 6.45) is -24.9. The molecule has 3 aliphatic heterocycles. The minimum absolute atomic E-state index is 0.677. The third-order valence-electron chi connectivity index (χ3n) is 7.87. The van der Waals surface area contributed by atoms with Gasteiger partial charge in [-0.2, -0.15) is 0 Å². The number of hydrogen-bond acceptors (Lipinski definition) is 18. The van der Waals surface area contributed by atoms with Crippen molar-refractivity contribution < 1.29 is 94.2 Å². The molecule has 0 bridgehead atoms. The number of aliphatic hydroxyl groups excluding tert-OH is 10. The summed E-state index contributed by atoms with van der Waals surface area (Å²) >= 11 is 0. The van der Waals surface area contributed by atoms with E-state index in [9.17, 15) is 70.6 Å². The van der Waals surface area contributed by atoms with Crippen LogP contribution < -0.4 is 10.6 Å². The molecule has 13 N–H and O–H groups in total. The van der Waals surface area contributed by atoms with Crippen LogP contribution in [0.3, 0.4) is 0 Å². The third-order valence-corrected chi connectivity index (χ3v) is 7.87. The number of rotatable bonds is 12. The first kappa shape index (κ1) is 38.3. The van der Waals surface area contributed by atoms with Gasteiger partial charge in [-0.15, -0.1) is 0 Å². The molecule has 3 fully saturated rings. The number of ether oxygens (including phenoxy) is 5. The maximum Gasteiger partial charge on any atom is 0.364 e. The van der Waals surface area contributed by atoms with Crippen LogP contribution in [0.4, 0.5) is 0 Å². The highest BCUT2D eigenvalue weighted by molar-refractivity contribution is 5.76. The van der Waals surface area contributed by atoms with Crippen molar-refractivity contribution in [2.45, 2.75) is 118 Å². The molecule has 0 radical (unpaired) electrons. The predicted octanol–water partition coefficient (Wildman–Crippen LogP) is -8.08. The zero-order valence-electron chi connectivity index (χ0n) is 24.7. The van der Waals surface area contributed by atoms with Gasteiger partial charge in [-0.3, -0.25) is 9.59 Å². The van der Waals surface area contributed by atoms with Crippen LogP contribution in [0.5, 0.6) is 0 Å². The number of carbonyl (C=O) groups is 3. The van der Waals surface area contributed by atoms with E-state index in [1.807, 2.05) is 0 Å². The van der Waals surface area contributed by atoms with Gasteiger partial charge in [-0.1, -0.05) is 0 Å². The fourth-order valence-electron chi connectivity index (χ4n) is 5.46. The Bertz CT molecular complexity index is 1050. The molecule has 21 nitrogen and oxygen atoms in total. The molecule has 266 valence electrons. The highest BCUT2D eigenvalue weighted by atomic mass is 16.8. The van der Waals surface area contributed by atoms with Crippen LogP contribution in [-0.4, -0.2) is 191 Å². The smallest absolute Gasteiger partial charge is 0.364 e. The quantitative estimate of drug-likeness (QED) is 0.0913. The van der Waals surface area contributed by atoms with Gasteiger partial charge < -0.3 is 90.5 Å². The van der Waals surface area contributed by atoms with Gasteiger partial charge in [0.05, 0.1) is 32.0 Å². The Morgan fingerprint density at radius 1 is 0.870 bits per heavy atom. The second kappa shape index (κ2) is 15.8. The van der Waals surface area contributed by atoms with Gasteiger partial charge in [0, 0.05) is 20.3 Å². The van der Waals surface area contributed by atoms with Crippen LogP contribution in [0.1, 0.15) is 20.3 Å². The average Bonchev–Trinajstić information content (AvgIpc) is 2.99. The summed E-state index contributed by atoms with van der Waals surface area (Å²) in [5, 5.41) is 117. The first-order valence-corrected chi connectivity index (χ1v) is 14.2. The van der Waals surface area contributed by atoms with Gasteiger partial charge in [0.25, 0.3) is 5.79 Å². The van der Waals surface area contributed by atoms with Crippen LogP contribution in [0, 0.1) is 0 Å². The van der Waals surface area contributed by atoms with E-state index < -0.39 is 142 Å². The summed E-state index contributed by atoms with van der Waals surface area (Å²) in [7, 11) is 0. The molecule has 5 unspecified atom stereocenters. The van der Waals surface area contributed by atoms with Crippen molar-refractivity contribution in [2.75, 3.05) is 19.8 Å². The van der Waals surface area contributed by atoms with Crippen molar-refractivity contribution >= 4 is 17.8 Å². The Morgan fingerprint density at radius 2 is 1.48 bits per heavy atom. The van der Waals surface area contributed by atoms with E-state index in [1.54, 1.807) is 0 Å². The zero-order chi connectivity index (χ0) is 34.7. The van der Waals surface area contributed by atoms with Gasteiger partial charge in [0.1, 0.15) is 67.1 Å². The lowest BCUT2D eigenvalue weighted by atomic mass is 9.88. The minimum atomic E-state index is -2.84. The van der Waals surface area contributed by atoms with Crippen molar-refractivity contribution in [2.24, 2.45) is 0 Å². The summed E-state index contributed by atoms with van der Waals surface area (Å²) < 4.78 is 27.2. The second-order valence-electron chi connectivity index (χ2n) is 11.3. The van der Waals surface area contributed by atoms with Crippen LogP contribution >= 0.6 is 0 Å². The summed E-state index contributed by atoms with van der Waals surface area (Å²) in [4.78, 5) is 35.7. The number of hydrogen-bond donors (Lipinski definition) is 13. The Labute approximate surface area is 260 Å². The number of aliphatic hydroxyl groups is 10. The summed E-state index contributed by atoms with van der Waals surface area (Å²) in [6.45, 7) is -0.695. The van der Waals surface area contributed by atoms with Gasteiger partial charge in [-0.05, 0) is 0 Å². The molecule has 0 saturated carbocycles. The lowest BCUT2D eigenvalue weighted by Gasteiger charge is -2.48. The Kier molecular flexibility index (Phi) is 13.1. The normalized spacial score (nSPS) is 42.9. The van der Waals surface area contributed by atoms with E-state index in [1.165, 1.54) is 0 Å². The number of aliphatic carboxylic acids is 1. The van der Waals surface area contributed by atoms with Crippen LogP contribution in [0.2, 0.25) is 0 Å². The van der Waals surface area contributed by atoms with Crippen LogP contribution in [-0.2, 0) is 38.1 Å². The van der Waals surface area contributed by atoms with E-state index in [-0.39, 0.29) is 0 Å². The molecule has 3 heterocycles. The van der Waals surface area contributed by atoms with Gasteiger partial charge >= 0.3 is 5.97 Å². The standard InChI is InChI=1S/C25H42N2O19/c1-7(30)26-13-9(32)3-25(24(40)41,46-21(13)15(34)10(33)4-28)42-6-12-16(35)18(37)19(38)23(44-12)45-20-11(5-29)43-22(39)14(17(20)36)27-8(2)31/h9-23,28-29,32-39H,3-6H2,1-2H3,(H,26,30)(H,27,31)(H,40,41)/t9-,10+,11?,12+,13+,14?,15+,16-,17?,18-,19+,20?,21+,22?,23-,25+/m0/s1. The molecule has 3 rings (SSSR count). The molecular formula is C25H42N2O19. The van der Waals surface area contributed by atoms with E-state index >= 15 is 0 Å². The van der Waals surface area contributed by atoms with Crippen molar-refractivity contribution in [3.63, 3.8) is 0 Å². The number of nitrogens with one attached hydrogen (secondary N) is 2. The topological polar surface area (TPSA) is 344 Å². The largest absolute Gasteiger partial charge is 0.477 e. The monoisotopic (exact) mass is 674 g/mol. The molecule has 21 heteroatoms. The van der Waals surface area contributed by atoms with Crippen molar-refractivity contribution in [1.82, 2.24) is 10.6 Å². The van der Waals surface area contributed by atoms with Crippen molar-refractivity contribution in [3.8, 4) is 0 Å². The first-order chi connectivity index (χ1) is 21.5. The molecule has 16 atom stereocenters. The fraction of sp³-hybridized carbons (Fsp3) is 0.880. The lowest BCUT2D eigenvalue weighted by Crippen LogP contribution is -2.69. The Hall–Kier alpha value is -2.19. The SMILES string of the molecule is CC(=O)NC1C(O)OC(CO)C(O[C@@H]2O[C@H](CO[C@]3(C(=O)O)C[C@H](O)[C@@H](NC(C)=O)[C@H]([C@H](O)[C@H](O)CO)O3)[C@H](O)[C@H](O)[C@H]2O)C1O. The molecule has 0 spiro atoms. The minimum Gasteiger partial charge on any atom is -0.477 e. The maximum absolute atomic E-state index is 12.4. The molecule has 0 aromatic heterocycles. The summed E-state index contributed by atoms with van der Waals surface area (Å²) in [5.41, 5.74) is 0. The number of carboxylic acids is 1. The molecule has 3 saturated heterocycles. The summed E-state index contributed by atoms with van der Waals surface area (Å²) in [5.74, 6) is -6.12. The molecule has 3 aliphatic rings. The third kappa shape index (κ3) is 8.26. The zero-order valence-corrected chi connectivity index (χ0v) is 24.7. The van der Waals surface area contributed by atoms with E-state index in [0.717, 1.165) is 13.8 Å². The number of amides is 2. The number of carboxylic acid groups (broad SMARTS) is 1. The Balaban J connectivity index is 1.83. The fourth-order valence-corrected chi connectivity index (χ4v) is 5.46. The van der Waals surface area contributed by atoms with E-state index in [0.29, 0.717) is 0 Å². The molecule has 0 aliphatic carbocycles. The molecule has 0 aromatic carbocycles. The molecule has 2 amide bonds. The highest BCUT2D eigenvalue weighted by Crippen LogP contribution is 2.35. The van der Waals surface area contributed by atoms with Crippen LogP contribution in [0.25, 0.3) is 0 Å². The predicted molar refractivity (Wildman–Crippen MR) is 142 cm³/mol. The Morgan fingerprint density at radius 3 is 2.02 bits per heavy atom. The second-order valence-corrected chi connectivity index (χ2v) is 11.3. The molecule has 46 heavy (non-hydrogen) atoms. The van der Waals surface area contributed by atoms with Crippen LogP contribution in [0.15, 0.2) is 0 Å². The highest BCUT2D eigenvalue weighted by Gasteiger charge is 2.57. The van der Waals surface area contributed by atoms with E-state index in [4.69, 9.17) is 23.7 Å². The number of carbonyl (C=O) groups excluding carboxylic acids is 2. The summed E-state index contributed by atoms with van der Waals surface area (Å²) in [6, 6.07) is -2.96. The van der Waals surface area contributed by atoms with Gasteiger partial charge in [-0.25, -0.2) is 4.79 Å². The van der Waals surface area contributed by atoms with Crippen molar-refractivity contribution in [3.05, 3.63) is 0 Å². The lowest BCUT2D eigenvalue weighted by molar-refractivity contribution is -0.358. The maximum atomic E-state index is 12.4. The molecular weight excluding hydrogens is 632 g/mol. The molecule has 0 aromatic rings. The van der Waals surface area contributed by atoms with Crippen molar-refractivity contribution in [1.29, 1.82) is 0 Å². The first-order valence-electron chi connectivity index (χ1n) is 14.2. The average molecular weight is 675 g/mol. The van der Waals surface area contributed by atoms with E-state index in [2.05, 4.69) is 10.6 Å². The van der Waals surface area contributed by atoms with Gasteiger partial charge in [0.2, 0.25) is 11.8 Å².